The third-order valence-electron chi connectivity index (χ3n) is 4.93. The minimum absolute atomic E-state index is 0.137. The number of aryl methyl sites for hydroxylation is 4. The van der Waals surface area contributed by atoms with Gasteiger partial charge in [0.1, 0.15) is 6.54 Å². The molecule has 3 aromatic rings. The van der Waals surface area contributed by atoms with Crippen molar-refractivity contribution < 1.29 is 9.59 Å². The van der Waals surface area contributed by atoms with Gasteiger partial charge in [0.2, 0.25) is 11.8 Å². The largest absolute Gasteiger partial charge is 0.345 e. The van der Waals surface area contributed by atoms with Crippen molar-refractivity contribution in [1.29, 1.82) is 0 Å². The standard InChI is InChI=1S/C22H26N4O3/c1-5-25-17-8-6-7-9-18(17)26(22(25)29)13-20(28)23-12-19(27)24-21-15(3)10-14(2)11-16(21)4/h6-11H,5,12-13H2,1-4H3,(H,23,28)(H,24,27). The molecule has 1 aromatic heterocycles. The third kappa shape index (κ3) is 4.23. The van der Waals surface area contributed by atoms with Gasteiger partial charge in [0.25, 0.3) is 0 Å². The van der Waals surface area contributed by atoms with Gasteiger partial charge in [-0.1, -0.05) is 29.8 Å². The lowest BCUT2D eigenvalue weighted by molar-refractivity contribution is -0.124. The number of nitrogens with one attached hydrogen (secondary N) is 2. The molecule has 7 heteroatoms. The molecule has 1 heterocycles. The number of rotatable bonds is 6. The van der Waals surface area contributed by atoms with E-state index >= 15 is 0 Å². The van der Waals surface area contributed by atoms with Crippen molar-refractivity contribution in [2.24, 2.45) is 0 Å². The fraction of sp³-hybridized carbons (Fsp3) is 0.318. The zero-order chi connectivity index (χ0) is 21.1. The van der Waals surface area contributed by atoms with Crippen molar-refractivity contribution >= 4 is 28.5 Å². The molecule has 3 rings (SSSR count). The molecule has 0 fully saturated rings. The van der Waals surface area contributed by atoms with Crippen LogP contribution < -0.4 is 16.3 Å². The topological polar surface area (TPSA) is 85.1 Å². The van der Waals surface area contributed by atoms with Gasteiger partial charge < -0.3 is 10.6 Å². The van der Waals surface area contributed by atoms with Crippen LogP contribution in [0.2, 0.25) is 0 Å². The van der Waals surface area contributed by atoms with Crippen molar-refractivity contribution in [3.05, 3.63) is 63.6 Å². The van der Waals surface area contributed by atoms with E-state index < -0.39 is 5.91 Å². The monoisotopic (exact) mass is 394 g/mol. The maximum atomic E-state index is 12.6. The second-order valence-electron chi connectivity index (χ2n) is 7.20. The van der Waals surface area contributed by atoms with Crippen LogP contribution in [0.4, 0.5) is 5.69 Å². The molecular formula is C22H26N4O3. The van der Waals surface area contributed by atoms with E-state index in [1.807, 2.05) is 64.1 Å². The number of amides is 2. The molecule has 0 radical (unpaired) electrons. The molecule has 0 saturated heterocycles. The molecule has 29 heavy (non-hydrogen) atoms. The number of imidazole rings is 1. The van der Waals surface area contributed by atoms with Gasteiger partial charge in [-0.2, -0.15) is 0 Å². The van der Waals surface area contributed by atoms with Crippen molar-refractivity contribution in [3.63, 3.8) is 0 Å². The molecule has 0 spiro atoms. The molecular weight excluding hydrogens is 368 g/mol. The van der Waals surface area contributed by atoms with Gasteiger partial charge in [0.05, 0.1) is 17.6 Å². The Morgan fingerprint density at radius 1 is 0.931 bits per heavy atom. The van der Waals surface area contributed by atoms with Crippen LogP contribution in [-0.4, -0.2) is 27.5 Å². The van der Waals surface area contributed by atoms with E-state index in [0.29, 0.717) is 12.1 Å². The van der Waals surface area contributed by atoms with Crippen LogP contribution >= 0.6 is 0 Å². The lowest BCUT2D eigenvalue weighted by Crippen LogP contribution is -2.37. The van der Waals surface area contributed by atoms with Gasteiger partial charge in [0.15, 0.2) is 0 Å². The van der Waals surface area contributed by atoms with Crippen LogP contribution in [0.15, 0.2) is 41.2 Å². The quantitative estimate of drug-likeness (QED) is 0.674. The maximum Gasteiger partial charge on any atom is 0.329 e. The lowest BCUT2D eigenvalue weighted by atomic mass is 10.1. The summed E-state index contributed by atoms with van der Waals surface area (Å²) in [6.45, 7) is 7.98. The predicted octanol–water partition coefficient (Wildman–Crippen LogP) is 2.50. The lowest BCUT2D eigenvalue weighted by Gasteiger charge is -2.13. The van der Waals surface area contributed by atoms with E-state index in [2.05, 4.69) is 10.6 Å². The zero-order valence-corrected chi connectivity index (χ0v) is 17.2. The number of carbonyl (C=O) groups is 2. The van der Waals surface area contributed by atoms with E-state index in [1.165, 1.54) is 4.57 Å². The van der Waals surface area contributed by atoms with Crippen LogP contribution in [0.25, 0.3) is 11.0 Å². The summed E-state index contributed by atoms with van der Waals surface area (Å²) in [4.78, 5) is 37.3. The van der Waals surface area contributed by atoms with Crippen LogP contribution in [0.3, 0.4) is 0 Å². The van der Waals surface area contributed by atoms with Crippen molar-refractivity contribution in [2.45, 2.75) is 40.8 Å². The Morgan fingerprint density at radius 2 is 1.52 bits per heavy atom. The zero-order valence-electron chi connectivity index (χ0n) is 17.2. The fourth-order valence-corrected chi connectivity index (χ4v) is 3.67. The van der Waals surface area contributed by atoms with Crippen molar-refractivity contribution in [3.8, 4) is 0 Å². The highest BCUT2D eigenvalue weighted by Crippen LogP contribution is 2.21. The van der Waals surface area contributed by atoms with Gasteiger partial charge >= 0.3 is 5.69 Å². The number of carbonyl (C=O) groups excluding carboxylic acids is 2. The van der Waals surface area contributed by atoms with Gasteiger partial charge in [-0.05, 0) is 51.0 Å². The number of nitrogens with zero attached hydrogens (tertiary/aromatic N) is 2. The van der Waals surface area contributed by atoms with E-state index in [9.17, 15) is 14.4 Å². The molecule has 0 saturated carbocycles. The summed E-state index contributed by atoms with van der Waals surface area (Å²) in [5.74, 6) is -0.699. The molecule has 0 aliphatic rings. The van der Waals surface area contributed by atoms with E-state index in [0.717, 1.165) is 27.9 Å². The van der Waals surface area contributed by atoms with E-state index in [4.69, 9.17) is 0 Å². The Balaban J connectivity index is 1.67. The molecule has 2 N–H and O–H groups in total. The minimum atomic E-state index is -0.390. The van der Waals surface area contributed by atoms with Crippen molar-refractivity contribution in [1.82, 2.24) is 14.5 Å². The fourth-order valence-electron chi connectivity index (χ4n) is 3.67. The smallest absolute Gasteiger partial charge is 0.329 e. The van der Waals surface area contributed by atoms with Crippen LogP contribution in [0.1, 0.15) is 23.6 Å². The Kier molecular flexibility index (Phi) is 5.87. The summed E-state index contributed by atoms with van der Waals surface area (Å²) in [6.07, 6.45) is 0. The highest BCUT2D eigenvalue weighted by Gasteiger charge is 2.15. The van der Waals surface area contributed by atoms with E-state index in [1.54, 1.807) is 4.57 Å². The first-order valence-corrected chi connectivity index (χ1v) is 9.64. The summed E-state index contributed by atoms with van der Waals surface area (Å²) >= 11 is 0. The third-order valence-corrected chi connectivity index (χ3v) is 4.93. The predicted molar refractivity (Wildman–Crippen MR) is 114 cm³/mol. The number of hydrogen-bond donors (Lipinski definition) is 2. The first kappa shape index (κ1) is 20.4. The van der Waals surface area contributed by atoms with Gasteiger partial charge in [-0.3, -0.25) is 18.7 Å². The van der Waals surface area contributed by atoms with Crippen molar-refractivity contribution in [2.75, 3.05) is 11.9 Å². The van der Waals surface area contributed by atoms with Crippen LogP contribution in [-0.2, 0) is 22.7 Å². The number of aromatic nitrogens is 2. The molecule has 0 aliphatic heterocycles. The Morgan fingerprint density at radius 3 is 2.10 bits per heavy atom. The summed E-state index contributed by atoms with van der Waals surface area (Å²) in [5, 5.41) is 5.45. The van der Waals surface area contributed by atoms with Gasteiger partial charge in [-0.15, -0.1) is 0 Å². The first-order chi connectivity index (χ1) is 13.8. The number of para-hydroxylation sites is 2. The molecule has 2 amide bonds. The Labute approximate surface area is 169 Å². The molecule has 0 unspecified atom stereocenters. The normalized spacial score (nSPS) is 10.9. The SMILES string of the molecule is CCn1c(=O)n(CC(=O)NCC(=O)Nc2c(C)cc(C)cc2C)c2ccccc21. The number of anilines is 1. The number of fused-ring (bicyclic) bond motifs is 1. The highest BCUT2D eigenvalue weighted by molar-refractivity contribution is 5.96. The second-order valence-corrected chi connectivity index (χ2v) is 7.20. The summed E-state index contributed by atoms with van der Waals surface area (Å²) in [5.41, 5.74) is 5.09. The summed E-state index contributed by atoms with van der Waals surface area (Å²) < 4.78 is 3.05. The van der Waals surface area contributed by atoms with Gasteiger partial charge in [0, 0.05) is 12.2 Å². The van der Waals surface area contributed by atoms with E-state index in [-0.39, 0.29) is 24.7 Å². The molecule has 7 nitrogen and oxygen atoms in total. The average molecular weight is 394 g/mol. The average Bonchev–Trinajstić information content (AvgIpc) is 2.94. The minimum Gasteiger partial charge on any atom is -0.345 e. The summed E-state index contributed by atoms with van der Waals surface area (Å²) in [6, 6.07) is 11.3. The van der Waals surface area contributed by atoms with Gasteiger partial charge in [-0.25, -0.2) is 4.79 Å². The number of hydrogen-bond acceptors (Lipinski definition) is 3. The molecule has 0 aliphatic carbocycles. The van der Waals surface area contributed by atoms with Crippen LogP contribution in [0, 0.1) is 20.8 Å². The molecule has 2 aromatic carbocycles. The summed E-state index contributed by atoms with van der Waals surface area (Å²) in [7, 11) is 0. The molecule has 0 bridgehead atoms. The Hall–Kier alpha value is -3.35. The first-order valence-electron chi connectivity index (χ1n) is 9.64. The maximum absolute atomic E-state index is 12.6. The molecule has 0 atom stereocenters. The Bertz CT molecular complexity index is 1120. The molecule has 152 valence electrons. The van der Waals surface area contributed by atoms with Crippen LogP contribution in [0.5, 0.6) is 0 Å². The second kappa shape index (κ2) is 8.34. The number of benzene rings is 2. The highest BCUT2D eigenvalue weighted by atomic mass is 16.2.